The molecule has 1 aromatic carbocycles. The molecule has 15 heavy (non-hydrogen) atoms. The predicted molar refractivity (Wildman–Crippen MR) is 64.1 cm³/mol. The lowest BCUT2D eigenvalue weighted by atomic mass is 10.1. The summed E-state index contributed by atoms with van der Waals surface area (Å²) in [7, 11) is 0. The van der Waals surface area contributed by atoms with E-state index in [9.17, 15) is 4.79 Å². The van der Waals surface area contributed by atoms with Crippen molar-refractivity contribution in [2.24, 2.45) is 0 Å². The molecule has 0 heterocycles. The molecule has 1 rings (SSSR count). The molecule has 0 N–H and O–H groups in total. The molecule has 0 saturated carbocycles. The van der Waals surface area contributed by atoms with E-state index in [2.05, 4.69) is 12.6 Å². The fourth-order valence-corrected chi connectivity index (χ4v) is 1.37. The monoisotopic (exact) mass is 222 g/mol. The van der Waals surface area contributed by atoms with Gasteiger partial charge in [0, 0.05) is 11.0 Å². The van der Waals surface area contributed by atoms with E-state index in [4.69, 9.17) is 4.74 Å². The van der Waals surface area contributed by atoms with Crippen molar-refractivity contribution in [3.63, 3.8) is 0 Å². The molecule has 0 aliphatic carbocycles. The number of rotatable bonds is 3. The Bertz CT molecular complexity index is 383. The van der Waals surface area contributed by atoms with Crippen LogP contribution in [0, 0.1) is 6.92 Å². The third-order valence-electron chi connectivity index (χ3n) is 1.87. The van der Waals surface area contributed by atoms with Crippen LogP contribution in [-0.4, -0.2) is 12.6 Å². The largest absolute Gasteiger partial charge is 0.463 e. The number of thiol groups is 1. The van der Waals surface area contributed by atoms with Crippen molar-refractivity contribution in [3.8, 4) is 0 Å². The van der Waals surface area contributed by atoms with Gasteiger partial charge in [-0.1, -0.05) is 17.7 Å². The lowest BCUT2D eigenvalue weighted by Crippen LogP contribution is -1.98. The second-order valence-electron chi connectivity index (χ2n) is 3.15. The van der Waals surface area contributed by atoms with Crippen LogP contribution < -0.4 is 0 Å². The first-order valence-corrected chi connectivity index (χ1v) is 5.22. The number of aryl methyl sites for hydroxylation is 1. The second kappa shape index (κ2) is 5.61. The Hall–Kier alpha value is -1.22. The molecule has 0 bridgehead atoms. The van der Waals surface area contributed by atoms with Gasteiger partial charge in [-0.25, -0.2) is 4.79 Å². The van der Waals surface area contributed by atoms with Crippen LogP contribution in [0.3, 0.4) is 0 Å². The van der Waals surface area contributed by atoms with E-state index in [1.165, 1.54) is 6.08 Å². The number of benzene rings is 1. The van der Waals surface area contributed by atoms with Crippen LogP contribution >= 0.6 is 12.6 Å². The number of hydrogen-bond acceptors (Lipinski definition) is 3. The van der Waals surface area contributed by atoms with E-state index in [1.807, 2.05) is 25.1 Å². The molecule has 1 aromatic rings. The Kier molecular flexibility index (Phi) is 4.43. The summed E-state index contributed by atoms with van der Waals surface area (Å²) in [4.78, 5) is 11.9. The second-order valence-corrected chi connectivity index (χ2v) is 3.63. The van der Waals surface area contributed by atoms with Crippen LogP contribution in [0.5, 0.6) is 0 Å². The summed E-state index contributed by atoms with van der Waals surface area (Å²) in [6.07, 6.45) is 3.13. The molecular formula is C12H14O2S. The molecule has 0 aliphatic heterocycles. The van der Waals surface area contributed by atoms with E-state index in [-0.39, 0.29) is 5.97 Å². The van der Waals surface area contributed by atoms with Gasteiger partial charge in [0.15, 0.2) is 0 Å². The van der Waals surface area contributed by atoms with Gasteiger partial charge < -0.3 is 4.74 Å². The van der Waals surface area contributed by atoms with Crippen molar-refractivity contribution in [2.45, 2.75) is 18.7 Å². The Morgan fingerprint density at radius 3 is 2.93 bits per heavy atom. The first kappa shape index (κ1) is 11.9. The van der Waals surface area contributed by atoms with E-state index in [0.29, 0.717) is 6.61 Å². The summed E-state index contributed by atoms with van der Waals surface area (Å²) < 4.78 is 4.78. The minimum absolute atomic E-state index is 0.327. The van der Waals surface area contributed by atoms with E-state index in [1.54, 1.807) is 13.0 Å². The molecule has 0 fully saturated rings. The van der Waals surface area contributed by atoms with Crippen molar-refractivity contribution < 1.29 is 9.53 Å². The molecule has 0 radical (unpaired) electrons. The zero-order valence-electron chi connectivity index (χ0n) is 8.86. The third kappa shape index (κ3) is 3.80. The van der Waals surface area contributed by atoms with Gasteiger partial charge in [-0.2, -0.15) is 0 Å². The molecule has 2 nitrogen and oxygen atoms in total. The number of hydrogen-bond donors (Lipinski definition) is 1. The highest BCUT2D eigenvalue weighted by molar-refractivity contribution is 7.80. The quantitative estimate of drug-likeness (QED) is 0.483. The van der Waals surface area contributed by atoms with E-state index in [0.717, 1.165) is 16.0 Å². The number of ether oxygens (including phenoxy) is 1. The average Bonchev–Trinajstić information content (AvgIpc) is 2.20. The normalized spacial score (nSPS) is 10.6. The standard InChI is InChI=1S/C12H14O2S/c1-3-14-12(13)7-5-10-8-9(2)4-6-11(10)15/h4-8,15H,3H2,1-2H3/b7-5+. The summed E-state index contributed by atoms with van der Waals surface area (Å²) >= 11 is 4.30. The van der Waals surface area contributed by atoms with E-state index < -0.39 is 0 Å². The summed E-state index contributed by atoms with van der Waals surface area (Å²) in [5.41, 5.74) is 2.06. The average molecular weight is 222 g/mol. The molecule has 0 amide bonds. The number of esters is 1. The van der Waals surface area contributed by atoms with Crippen molar-refractivity contribution in [1.29, 1.82) is 0 Å². The zero-order valence-corrected chi connectivity index (χ0v) is 9.75. The maximum atomic E-state index is 11.1. The topological polar surface area (TPSA) is 26.3 Å². The Morgan fingerprint density at radius 1 is 1.53 bits per heavy atom. The van der Waals surface area contributed by atoms with Gasteiger partial charge in [-0.05, 0) is 31.6 Å². The molecule has 80 valence electrons. The number of carbonyl (C=O) groups excluding carboxylic acids is 1. The van der Waals surface area contributed by atoms with E-state index >= 15 is 0 Å². The molecule has 0 spiro atoms. The fraction of sp³-hybridized carbons (Fsp3) is 0.250. The Balaban J connectivity index is 2.79. The minimum Gasteiger partial charge on any atom is -0.463 e. The predicted octanol–water partition coefficient (Wildman–Crippen LogP) is 2.86. The highest BCUT2D eigenvalue weighted by Crippen LogP contribution is 2.16. The Morgan fingerprint density at radius 2 is 2.27 bits per heavy atom. The summed E-state index contributed by atoms with van der Waals surface area (Å²) in [5, 5.41) is 0. The first-order chi connectivity index (χ1) is 7.13. The summed E-state index contributed by atoms with van der Waals surface area (Å²) in [6.45, 7) is 4.17. The van der Waals surface area contributed by atoms with Gasteiger partial charge in [0.1, 0.15) is 0 Å². The van der Waals surface area contributed by atoms with Gasteiger partial charge in [0.25, 0.3) is 0 Å². The van der Waals surface area contributed by atoms with Crippen LogP contribution in [0.1, 0.15) is 18.1 Å². The minimum atomic E-state index is -0.327. The van der Waals surface area contributed by atoms with Crippen molar-refractivity contribution in [2.75, 3.05) is 6.61 Å². The highest BCUT2D eigenvalue weighted by atomic mass is 32.1. The van der Waals surface area contributed by atoms with Gasteiger partial charge >= 0.3 is 5.97 Å². The Labute approximate surface area is 95.4 Å². The summed E-state index contributed by atoms with van der Waals surface area (Å²) in [5.74, 6) is -0.327. The van der Waals surface area contributed by atoms with Gasteiger partial charge in [0.2, 0.25) is 0 Å². The highest BCUT2D eigenvalue weighted by Gasteiger charge is 1.97. The van der Waals surface area contributed by atoms with Crippen LogP contribution in [0.2, 0.25) is 0 Å². The smallest absolute Gasteiger partial charge is 0.330 e. The SMILES string of the molecule is CCOC(=O)/C=C/c1cc(C)ccc1S. The molecule has 0 atom stereocenters. The molecule has 0 aliphatic rings. The van der Waals surface area contributed by atoms with Crippen LogP contribution in [0.25, 0.3) is 6.08 Å². The molecule has 0 aromatic heterocycles. The zero-order chi connectivity index (χ0) is 11.3. The third-order valence-corrected chi connectivity index (χ3v) is 2.28. The van der Waals surface area contributed by atoms with Crippen molar-refractivity contribution in [1.82, 2.24) is 0 Å². The van der Waals surface area contributed by atoms with Gasteiger partial charge in [-0.3, -0.25) is 0 Å². The van der Waals surface area contributed by atoms with Crippen LogP contribution in [0.15, 0.2) is 29.2 Å². The summed E-state index contributed by atoms with van der Waals surface area (Å²) in [6, 6.07) is 5.85. The maximum absolute atomic E-state index is 11.1. The van der Waals surface area contributed by atoms with Crippen LogP contribution in [0.4, 0.5) is 0 Å². The van der Waals surface area contributed by atoms with Crippen molar-refractivity contribution in [3.05, 3.63) is 35.4 Å². The molecular weight excluding hydrogens is 208 g/mol. The van der Waals surface area contributed by atoms with Crippen LogP contribution in [-0.2, 0) is 9.53 Å². The van der Waals surface area contributed by atoms with Gasteiger partial charge in [-0.15, -0.1) is 12.6 Å². The first-order valence-electron chi connectivity index (χ1n) is 4.78. The molecule has 0 unspecified atom stereocenters. The molecule has 3 heteroatoms. The number of carbonyl (C=O) groups is 1. The lowest BCUT2D eigenvalue weighted by molar-refractivity contribution is -0.137. The maximum Gasteiger partial charge on any atom is 0.330 e. The van der Waals surface area contributed by atoms with Gasteiger partial charge in [0.05, 0.1) is 6.61 Å². The fourth-order valence-electron chi connectivity index (χ4n) is 1.16. The molecule has 0 saturated heterocycles. The van der Waals surface area contributed by atoms with Crippen molar-refractivity contribution >= 4 is 24.7 Å². The lowest BCUT2D eigenvalue weighted by Gasteiger charge is -2.00.